The summed E-state index contributed by atoms with van der Waals surface area (Å²) in [5.74, 6) is 6.38. The van der Waals surface area contributed by atoms with Gasteiger partial charge in [0, 0.05) is 50.3 Å². The highest BCUT2D eigenvalue weighted by Crippen LogP contribution is 2.41. The maximum Gasteiger partial charge on any atom is 0.112 e. The summed E-state index contributed by atoms with van der Waals surface area (Å²) in [5, 5.41) is 12.5. The molecule has 190 valence electrons. The average Bonchev–Trinajstić information content (AvgIpc) is 3.52. The van der Waals surface area contributed by atoms with Crippen LogP contribution in [0.3, 0.4) is 0 Å². The molecule has 1 aliphatic heterocycles. The average molecular weight is 490 g/mol. The first-order valence-electron chi connectivity index (χ1n) is 12.3. The van der Waals surface area contributed by atoms with Crippen LogP contribution in [0.25, 0.3) is 27.8 Å². The molecule has 0 amide bonds. The minimum Gasteiger partial charge on any atom is -0.401 e. The van der Waals surface area contributed by atoms with Crippen LogP contribution < -0.4 is 11.6 Å². The molecule has 1 saturated heterocycles. The maximum absolute atomic E-state index is 10.9. The van der Waals surface area contributed by atoms with E-state index in [-0.39, 0.29) is 12.0 Å². The van der Waals surface area contributed by atoms with E-state index in [1.807, 2.05) is 43.1 Å². The van der Waals surface area contributed by atoms with E-state index in [9.17, 15) is 5.11 Å². The van der Waals surface area contributed by atoms with Crippen molar-refractivity contribution in [3.8, 4) is 0 Å². The monoisotopic (exact) mass is 489 g/mol. The molecular weight excluding hydrogens is 454 g/mol. The van der Waals surface area contributed by atoms with Gasteiger partial charge in [-0.1, -0.05) is 6.07 Å². The van der Waals surface area contributed by atoms with Crippen molar-refractivity contribution in [2.45, 2.75) is 38.8 Å². The van der Waals surface area contributed by atoms with E-state index in [0.29, 0.717) is 12.3 Å². The summed E-state index contributed by atoms with van der Waals surface area (Å²) < 4.78 is 10.2. The summed E-state index contributed by atoms with van der Waals surface area (Å²) in [6.45, 7) is 6.82. The Hall–Kier alpha value is -3.40. The highest BCUT2D eigenvalue weighted by molar-refractivity contribution is 6.05. The molecule has 5 heterocycles. The van der Waals surface area contributed by atoms with Crippen molar-refractivity contribution in [1.29, 1.82) is 0 Å². The lowest BCUT2D eigenvalue weighted by Crippen LogP contribution is -2.26. The number of allylic oxidation sites excluding steroid dienone is 1. The lowest BCUT2D eigenvalue weighted by atomic mass is 9.95. The third-order valence-electron chi connectivity index (χ3n) is 7.13. The second kappa shape index (κ2) is 8.92. The Morgan fingerprint density at radius 1 is 1.25 bits per heavy atom. The molecule has 0 aromatic carbocycles. The second-order valence-electron chi connectivity index (χ2n) is 10.3. The quantitative estimate of drug-likeness (QED) is 0.281. The molecule has 5 N–H and O–H groups in total. The van der Waals surface area contributed by atoms with Crippen molar-refractivity contribution in [3.05, 3.63) is 65.4 Å². The zero-order valence-electron chi connectivity index (χ0n) is 21.6. The summed E-state index contributed by atoms with van der Waals surface area (Å²) in [7, 11) is 3.75. The van der Waals surface area contributed by atoms with Gasteiger partial charge in [0.05, 0.1) is 51.9 Å². The normalized spacial score (nSPS) is 18.1. The molecule has 0 radical (unpaired) electrons. The van der Waals surface area contributed by atoms with Crippen LogP contribution in [-0.2, 0) is 17.4 Å². The van der Waals surface area contributed by atoms with Gasteiger partial charge in [0.25, 0.3) is 0 Å². The van der Waals surface area contributed by atoms with Gasteiger partial charge >= 0.3 is 0 Å². The number of aromatic nitrogens is 4. The van der Waals surface area contributed by atoms with Crippen molar-refractivity contribution in [3.63, 3.8) is 0 Å². The molecule has 2 atom stereocenters. The van der Waals surface area contributed by atoms with E-state index in [1.165, 1.54) is 5.01 Å². The van der Waals surface area contributed by atoms with Crippen molar-refractivity contribution in [2.24, 2.45) is 24.5 Å². The van der Waals surface area contributed by atoms with Gasteiger partial charge in [0.15, 0.2) is 0 Å². The van der Waals surface area contributed by atoms with E-state index in [1.54, 1.807) is 20.9 Å². The third-order valence-corrected chi connectivity index (χ3v) is 7.13. The van der Waals surface area contributed by atoms with Crippen molar-refractivity contribution in [1.82, 2.24) is 24.1 Å². The topological polar surface area (TPSA) is 120 Å². The highest BCUT2D eigenvalue weighted by atomic mass is 16.5. The van der Waals surface area contributed by atoms with Crippen LogP contribution in [0.15, 0.2) is 48.4 Å². The fourth-order valence-electron chi connectivity index (χ4n) is 5.66. The first kappa shape index (κ1) is 24.3. The number of fused-ring (bicyclic) bond motifs is 3. The standard InChI is InChI=1S/C27H35N7O2/c1-16(28)24(33(5)29)18-12-20-23(31-14-18)26-21(13-22(32(26)4)27(2,3)35)34(20)25(17-9-11-36-15-17)19-8-6-7-10-30-19/h6-8,10,12-14,17,25,35H,9,11,15,28-29H2,1-5H3/b24-16-. The van der Waals surface area contributed by atoms with Crippen LogP contribution >= 0.6 is 0 Å². The Labute approximate surface area is 210 Å². The Kier molecular flexibility index (Phi) is 6.02. The minimum atomic E-state index is -1.02. The molecule has 0 aliphatic carbocycles. The number of hydrogen-bond donors (Lipinski definition) is 3. The summed E-state index contributed by atoms with van der Waals surface area (Å²) in [4.78, 5) is 9.70. The summed E-state index contributed by atoms with van der Waals surface area (Å²) in [5.41, 5.74) is 12.9. The Morgan fingerprint density at radius 2 is 2.03 bits per heavy atom. The van der Waals surface area contributed by atoms with Crippen LogP contribution in [0.4, 0.5) is 0 Å². The van der Waals surface area contributed by atoms with Gasteiger partial charge in [0.1, 0.15) is 5.52 Å². The van der Waals surface area contributed by atoms with Crippen molar-refractivity contribution >= 4 is 27.8 Å². The molecule has 5 rings (SSSR count). The first-order valence-corrected chi connectivity index (χ1v) is 12.3. The molecule has 0 saturated carbocycles. The molecule has 0 spiro atoms. The predicted molar refractivity (Wildman–Crippen MR) is 141 cm³/mol. The van der Waals surface area contributed by atoms with Crippen LogP contribution in [0.1, 0.15) is 50.2 Å². The minimum absolute atomic E-state index is 0.0789. The van der Waals surface area contributed by atoms with E-state index < -0.39 is 5.60 Å². The van der Waals surface area contributed by atoms with Gasteiger partial charge < -0.3 is 29.7 Å². The first-order chi connectivity index (χ1) is 17.1. The Bertz CT molecular complexity index is 1430. The molecule has 9 nitrogen and oxygen atoms in total. The number of aryl methyl sites for hydroxylation is 1. The number of aliphatic hydroxyl groups is 1. The molecule has 1 fully saturated rings. The van der Waals surface area contributed by atoms with Crippen LogP contribution in [0.2, 0.25) is 0 Å². The molecule has 36 heavy (non-hydrogen) atoms. The lowest BCUT2D eigenvalue weighted by Gasteiger charge is -2.26. The maximum atomic E-state index is 10.9. The van der Waals surface area contributed by atoms with E-state index in [0.717, 1.165) is 57.7 Å². The van der Waals surface area contributed by atoms with Crippen molar-refractivity contribution in [2.75, 3.05) is 20.3 Å². The van der Waals surface area contributed by atoms with Crippen LogP contribution in [-0.4, -0.2) is 49.5 Å². The number of hydrogen-bond acceptors (Lipinski definition) is 7. The summed E-state index contributed by atoms with van der Waals surface area (Å²) in [6, 6.07) is 10.1. The lowest BCUT2D eigenvalue weighted by molar-refractivity contribution is 0.0712. The summed E-state index contributed by atoms with van der Waals surface area (Å²) >= 11 is 0. The van der Waals surface area contributed by atoms with Gasteiger partial charge in [-0.15, -0.1) is 0 Å². The number of nitrogens with zero attached hydrogens (tertiary/aromatic N) is 5. The van der Waals surface area contributed by atoms with Crippen LogP contribution in [0.5, 0.6) is 0 Å². The van der Waals surface area contributed by atoms with Gasteiger partial charge in [-0.25, -0.2) is 5.84 Å². The van der Waals surface area contributed by atoms with E-state index in [4.69, 9.17) is 26.3 Å². The Morgan fingerprint density at radius 3 is 2.61 bits per heavy atom. The molecule has 4 aromatic heterocycles. The molecular formula is C27H35N7O2. The SMILES string of the molecule is C/C(N)=C(\c1cnc2c3c(cc(C(C)(C)O)n3C)n(C(c3ccccn3)C3CCOC3)c2c1)N(C)N. The molecule has 0 bridgehead atoms. The van der Waals surface area contributed by atoms with Gasteiger partial charge in [-0.2, -0.15) is 0 Å². The van der Waals surface area contributed by atoms with Gasteiger partial charge in [-0.3, -0.25) is 9.97 Å². The molecule has 2 unspecified atom stereocenters. The van der Waals surface area contributed by atoms with Gasteiger partial charge in [0.2, 0.25) is 0 Å². The smallest absolute Gasteiger partial charge is 0.112 e. The second-order valence-corrected chi connectivity index (χ2v) is 10.3. The Balaban J connectivity index is 1.89. The summed E-state index contributed by atoms with van der Waals surface area (Å²) in [6.07, 6.45) is 4.58. The van der Waals surface area contributed by atoms with Gasteiger partial charge in [-0.05, 0) is 51.5 Å². The molecule has 4 aromatic rings. The fourth-order valence-corrected chi connectivity index (χ4v) is 5.66. The fraction of sp³-hybridized carbons (Fsp3) is 0.407. The van der Waals surface area contributed by atoms with Crippen molar-refractivity contribution < 1.29 is 9.84 Å². The van der Waals surface area contributed by atoms with E-state index in [2.05, 4.69) is 22.8 Å². The van der Waals surface area contributed by atoms with Crippen LogP contribution in [0, 0.1) is 5.92 Å². The van der Waals surface area contributed by atoms with E-state index >= 15 is 0 Å². The highest BCUT2D eigenvalue weighted by Gasteiger charge is 2.34. The number of rotatable bonds is 6. The third kappa shape index (κ3) is 3.93. The number of nitrogens with two attached hydrogens (primary N) is 2. The number of ether oxygens (including phenoxy) is 1. The largest absolute Gasteiger partial charge is 0.401 e. The molecule has 1 aliphatic rings. The zero-order valence-corrected chi connectivity index (χ0v) is 21.6. The zero-order chi connectivity index (χ0) is 25.8. The molecule has 9 heteroatoms. The number of pyridine rings is 2. The number of hydrazine groups is 1. The predicted octanol–water partition coefficient (Wildman–Crippen LogP) is 3.23.